The van der Waals surface area contributed by atoms with E-state index in [1.54, 1.807) is 0 Å². The molecule has 4 aliphatic carbocycles. The average Bonchev–Trinajstić information content (AvgIpc) is 2.57. The van der Waals surface area contributed by atoms with Crippen LogP contribution in [0.25, 0.3) is 0 Å². The van der Waals surface area contributed by atoms with Crippen LogP contribution in [0.2, 0.25) is 0 Å². The van der Waals surface area contributed by atoms with Gasteiger partial charge in [0.15, 0.2) is 6.29 Å². The van der Waals surface area contributed by atoms with Gasteiger partial charge in [0.25, 0.3) is 5.60 Å². The van der Waals surface area contributed by atoms with Gasteiger partial charge in [-0.3, -0.25) is 0 Å². The van der Waals surface area contributed by atoms with E-state index in [1.807, 2.05) is 0 Å². The minimum Gasteiger partial charge on any atom is -0.353 e. The van der Waals surface area contributed by atoms with Gasteiger partial charge in [-0.1, -0.05) is 22.5 Å². The monoisotopic (exact) mass is 490 g/mol. The van der Waals surface area contributed by atoms with E-state index in [0.717, 1.165) is 0 Å². The zero-order valence-electron chi connectivity index (χ0n) is 16.0. The van der Waals surface area contributed by atoms with Crippen LogP contribution in [-0.4, -0.2) is 30.9 Å². The first-order chi connectivity index (χ1) is 13.3. The van der Waals surface area contributed by atoms with Crippen molar-refractivity contribution in [2.45, 2.75) is 82.0 Å². The molecule has 0 amide bonds. The Kier molecular flexibility index (Phi) is 5.19. The standard InChI is InChI=1S/C20H25BrF6O2/c1-12(21)16-7-13-6-14(8-16)10-17(9-13,11-16)18(19(22,23)24,20(25,26)27)29-15-4-2-3-5-28-15/h13-15H,1-11H2. The summed E-state index contributed by atoms with van der Waals surface area (Å²) in [7, 11) is 0. The number of allylic oxidation sites excluding steroid dienone is 1. The summed E-state index contributed by atoms with van der Waals surface area (Å²) < 4.78 is 98.0. The molecule has 0 spiro atoms. The fourth-order valence-corrected chi connectivity index (χ4v) is 7.48. The second-order valence-corrected chi connectivity index (χ2v) is 10.5. The Bertz CT molecular complexity index is 639. The molecule has 2 nitrogen and oxygen atoms in total. The highest BCUT2D eigenvalue weighted by Crippen LogP contribution is 2.74. The van der Waals surface area contributed by atoms with Crippen LogP contribution < -0.4 is 0 Å². The van der Waals surface area contributed by atoms with E-state index >= 15 is 0 Å². The molecule has 9 heteroatoms. The summed E-state index contributed by atoms with van der Waals surface area (Å²) in [6.07, 6.45) is -10.2. The average molecular weight is 491 g/mol. The van der Waals surface area contributed by atoms with E-state index in [2.05, 4.69) is 22.5 Å². The van der Waals surface area contributed by atoms with Gasteiger partial charge in [0, 0.05) is 17.4 Å². The zero-order valence-corrected chi connectivity index (χ0v) is 17.6. The number of hydrogen-bond donors (Lipinski definition) is 0. The molecule has 29 heavy (non-hydrogen) atoms. The summed E-state index contributed by atoms with van der Waals surface area (Å²) in [6, 6.07) is 0. The van der Waals surface area contributed by atoms with Gasteiger partial charge >= 0.3 is 12.4 Å². The maximum atomic E-state index is 14.5. The zero-order chi connectivity index (χ0) is 21.3. The van der Waals surface area contributed by atoms with Crippen LogP contribution in [-0.2, 0) is 9.47 Å². The molecule has 1 saturated heterocycles. The molecule has 5 rings (SSSR count). The van der Waals surface area contributed by atoms with Gasteiger partial charge in [0.05, 0.1) is 0 Å². The molecule has 4 bridgehead atoms. The van der Waals surface area contributed by atoms with Gasteiger partial charge in [0.1, 0.15) is 0 Å². The predicted octanol–water partition coefficient (Wildman–Crippen LogP) is 6.89. The molecule has 166 valence electrons. The Labute approximate surface area is 174 Å². The van der Waals surface area contributed by atoms with Crippen molar-refractivity contribution in [1.29, 1.82) is 0 Å². The Hall–Kier alpha value is -0.280. The summed E-state index contributed by atoms with van der Waals surface area (Å²) in [6.45, 7) is 3.99. The highest BCUT2D eigenvalue weighted by Gasteiger charge is 2.84. The summed E-state index contributed by atoms with van der Waals surface area (Å²) >= 11 is 3.33. The van der Waals surface area contributed by atoms with E-state index in [-0.39, 0.29) is 44.1 Å². The molecule has 3 atom stereocenters. The van der Waals surface area contributed by atoms with Crippen molar-refractivity contribution in [3.8, 4) is 0 Å². The van der Waals surface area contributed by atoms with Crippen LogP contribution in [0.5, 0.6) is 0 Å². The molecule has 0 aromatic rings. The SMILES string of the molecule is C=C(Br)C12CC3CC(C1)CC(C(OC1CCCCO1)(C(F)(F)F)C(F)(F)F)(C3)C2. The highest BCUT2D eigenvalue weighted by molar-refractivity contribution is 9.11. The third-order valence-electron chi connectivity index (χ3n) is 7.63. The Morgan fingerprint density at radius 1 is 0.966 bits per heavy atom. The molecule has 1 heterocycles. The van der Waals surface area contributed by atoms with Crippen molar-refractivity contribution in [3.63, 3.8) is 0 Å². The number of rotatable bonds is 4. The van der Waals surface area contributed by atoms with Crippen LogP contribution in [0.1, 0.15) is 57.8 Å². The lowest BCUT2D eigenvalue weighted by atomic mass is 9.40. The first-order valence-electron chi connectivity index (χ1n) is 10.1. The van der Waals surface area contributed by atoms with E-state index in [0.29, 0.717) is 36.6 Å². The number of hydrogen-bond acceptors (Lipinski definition) is 2. The molecule has 3 unspecified atom stereocenters. The van der Waals surface area contributed by atoms with Gasteiger partial charge in [0.2, 0.25) is 0 Å². The van der Waals surface area contributed by atoms with Crippen molar-refractivity contribution in [1.82, 2.24) is 0 Å². The van der Waals surface area contributed by atoms with E-state index < -0.39 is 35.1 Å². The lowest BCUT2D eigenvalue weighted by Gasteiger charge is -2.67. The van der Waals surface area contributed by atoms with Crippen LogP contribution in [0.4, 0.5) is 26.3 Å². The lowest BCUT2D eigenvalue weighted by Crippen LogP contribution is -2.74. The fourth-order valence-electron chi connectivity index (χ4n) is 7.01. The Morgan fingerprint density at radius 2 is 1.55 bits per heavy atom. The van der Waals surface area contributed by atoms with Crippen molar-refractivity contribution in [2.24, 2.45) is 22.7 Å². The van der Waals surface area contributed by atoms with Crippen molar-refractivity contribution >= 4 is 15.9 Å². The van der Waals surface area contributed by atoms with Gasteiger partial charge < -0.3 is 9.47 Å². The first-order valence-corrected chi connectivity index (χ1v) is 10.9. The summed E-state index contributed by atoms with van der Waals surface area (Å²) in [5, 5.41) is 0. The molecule has 5 aliphatic rings. The summed E-state index contributed by atoms with van der Waals surface area (Å²) in [4.78, 5) is 0. The van der Waals surface area contributed by atoms with Crippen molar-refractivity contribution in [3.05, 3.63) is 11.1 Å². The molecule has 0 radical (unpaired) electrons. The molecular weight excluding hydrogens is 466 g/mol. The minimum absolute atomic E-state index is 0.0349. The maximum absolute atomic E-state index is 14.5. The van der Waals surface area contributed by atoms with Gasteiger partial charge in [-0.2, -0.15) is 26.3 Å². The largest absolute Gasteiger partial charge is 0.427 e. The van der Waals surface area contributed by atoms with E-state index in [1.165, 1.54) is 0 Å². The third kappa shape index (κ3) is 3.20. The second-order valence-electron chi connectivity index (χ2n) is 9.52. The van der Waals surface area contributed by atoms with E-state index in [4.69, 9.17) is 9.47 Å². The smallest absolute Gasteiger partial charge is 0.353 e. The van der Waals surface area contributed by atoms with Crippen LogP contribution >= 0.6 is 15.9 Å². The third-order valence-corrected chi connectivity index (χ3v) is 8.47. The molecule has 4 saturated carbocycles. The topological polar surface area (TPSA) is 18.5 Å². The predicted molar refractivity (Wildman–Crippen MR) is 97.1 cm³/mol. The van der Waals surface area contributed by atoms with Gasteiger partial charge in [-0.15, -0.1) is 0 Å². The quantitative estimate of drug-likeness (QED) is 0.399. The van der Waals surface area contributed by atoms with Crippen LogP contribution in [0.15, 0.2) is 11.1 Å². The van der Waals surface area contributed by atoms with Gasteiger partial charge in [-0.05, 0) is 74.1 Å². The van der Waals surface area contributed by atoms with Crippen molar-refractivity contribution in [2.75, 3.05) is 6.61 Å². The highest BCUT2D eigenvalue weighted by atomic mass is 79.9. The summed E-state index contributed by atoms with van der Waals surface area (Å²) in [5.41, 5.74) is -7.05. The molecule has 1 aliphatic heterocycles. The lowest BCUT2D eigenvalue weighted by molar-refractivity contribution is -0.455. The molecule has 5 fully saturated rings. The molecule has 0 N–H and O–H groups in total. The molecular formula is C20H25BrF6O2. The van der Waals surface area contributed by atoms with Crippen LogP contribution in [0, 0.1) is 22.7 Å². The maximum Gasteiger partial charge on any atom is 0.427 e. The minimum atomic E-state index is -5.60. The summed E-state index contributed by atoms with van der Waals surface area (Å²) in [5.74, 6) is -0.379. The number of ether oxygens (including phenoxy) is 2. The van der Waals surface area contributed by atoms with Crippen LogP contribution in [0.3, 0.4) is 0 Å². The first kappa shape index (κ1) is 21.9. The Balaban J connectivity index is 1.85. The molecule has 0 aromatic heterocycles. The van der Waals surface area contributed by atoms with Gasteiger partial charge in [-0.25, -0.2) is 0 Å². The number of alkyl halides is 6. The second kappa shape index (κ2) is 6.86. The molecule has 0 aromatic carbocycles. The Morgan fingerprint density at radius 3 is 2.00 bits per heavy atom. The number of halogens is 7. The van der Waals surface area contributed by atoms with E-state index in [9.17, 15) is 26.3 Å². The fraction of sp³-hybridized carbons (Fsp3) is 0.900. The normalized spacial score (nSPS) is 40.3. The van der Waals surface area contributed by atoms with Crippen molar-refractivity contribution < 1.29 is 35.8 Å².